The Hall–Kier alpha value is -3.01. The number of nitrogens with one attached hydrogen (secondary N) is 1. The average Bonchev–Trinajstić information content (AvgIpc) is 2.71. The molecule has 0 aromatic heterocycles. The second kappa shape index (κ2) is 8.74. The van der Waals surface area contributed by atoms with Crippen LogP contribution in [0.2, 0.25) is 0 Å². The third kappa shape index (κ3) is 5.16. The third-order valence-corrected chi connectivity index (χ3v) is 7.69. The lowest BCUT2D eigenvalue weighted by Gasteiger charge is -2.46. The van der Waals surface area contributed by atoms with Crippen molar-refractivity contribution in [2.45, 2.75) is 50.5 Å². The Morgan fingerprint density at radius 1 is 1.18 bits per heavy atom. The number of sulfonamides is 1. The summed E-state index contributed by atoms with van der Waals surface area (Å²) in [7, 11) is -2.94. The van der Waals surface area contributed by atoms with E-state index in [0.717, 1.165) is 22.5 Å². The molecule has 1 aliphatic heterocycles. The van der Waals surface area contributed by atoms with E-state index in [1.54, 1.807) is 51.1 Å². The van der Waals surface area contributed by atoms with Gasteiger partial charge in [0.05, 0.1) is 5.54 Å². The van der Waals surface area contributed by atoms with Gasteiger partial charge in [-0.1, -0.05) is 30.3 Å². The van der Waals surface area contributed by atoms with Crippen LogP contribution >= 0.6 is 0 Å². The highest BCUT2D eigenvalue weighted by Crippen LogP contribution is 2.38. The molecule has 7 nitrogen and oxygen atoms in total. The van der Waals surface area contributed by atoms with E-state index in [0.29, 0.717) is 5.56 Å². The molecule has 2 aromatic rings. The molecule has 178 valence electrons. The first-order chi connectivity index (χ1) is 15.2. The first-order valence-electron chi connectivity index (χ1n) is 10.3. The van der Waals surface area contributed by atoms with Crippen LogP contribution in [-0.2, 0) is 26.7 Å². The van der Waals surface area contributed by atoms with Gasteiger partial charge in [0.2, 0.25) is 16.0 Å². The van der Waals surface area contributed by atoms with Gasteiger partial charge in [0, 0.05) is 12.6 Å². The van der Waals surface area contributed by atoms with Crippen LogP contribution in [0.25, 0.3) is 0 Å². The molecule has 0 unspecified atom stereocenters. The number of rotatable bonds is 3. The summed E-state index contributed by atoms with van der Waals surface area (Å²) < 4.78 is 62.3. The molecule has 0 radical (unpaired) electrons. The molecular weight excluding hydrogens is 452 g/mol. The van der Waals surface area contributed by atoms with Gasteiger partial charge >= 0.3 is 6.09 Å². The van der Waals surface area contributed by atoms with Gasteiger partial charge in [0.1, 0.15) is 22.5 Å². The van der Waals surface area contributed by atoms with Crippen molar-refractivity contribution in [3.05, 3.63) is 71.3 Å². The van der Waals surface area contributed by atoms with Crippen molar-refractivity contribution in [3.8, 4) is 0 Å². The lowest BCUT2D eigenvalue weighted by atomic mass is 9.84. The summed E-state index contributed by atoms with van der Waals surface area (Å²) in [6.45, 7) is 6.37. The highest BCUT2D eigenvalue weighted by molar-refractivity contribution is 7.90. The Balaban J connectivity index is 2.17. The summed E-state index contributed by atoms with van der Waals surface area (Å²) in [5.41, 5.74) is -2.02. The van der Waals surface area contributed by atoms with Crippen molar-refractivity contribution in [1.82, 2.24) is 9.62 Å². The third-order valence-electron chi connectivity index (χ3n) is 5.40. The monoisotopic (exact) mass is 479 g/mol. The fourth-order valence-corrected chi connectivity index (χ4v) is 5.64. The fraction of sp³-hybridized carbons (Fsp3) is 0.391. The molecule has 2 aromatic carbocycles. The topological polar surface area (TPSA) is 88.1 Å². The molecular formula is C23H27F2N3O4S. The van der Waals surface area contributed by atoms with E-state index in [4.69, 9.17) is 4.74 Å². The van der Waals surface area contributed by atoms with Crippen LogP contribution in [0.4, 0.5) is 13.6 Å². The quantitative estimate of drug-likeness (QED) is 0.720. The van der Waals surface area contributed by atoms with E-state index in [-0.39, 0.29) is 17.9 Å². The summed E-state index contributed by atoms with van der Waals surface area (Å²) in [6.07, 6.45) is -1.01. The highest BCUT2D eigenvalue weighted by Gasteiger charge is 2.53. The predicted molar refractivity (Wildman–Crippen MR) is 121 cm³/mol. The maximum Gasteiger partial charge on any atom is 0.437 e. The number of amides is 1. The van der Waals surface area contributed by atoms with Crippen molar-refractivity contribution >= 4 is 22.1 Å². The molecule has 0 spiro atoms. The number of carbonyl (C=O) groups is 1. The van der Waals surface area contributed by atoms with Gasteiger partial charge in [-0.3, -0.25) is 0 Å². The Kier molecular flexibility index (Phi) is 6.52. The maximum atomic E-state index is 14.9. The number of guanidine groups is 1. The average molecular weight is 480 g/mol. The number of aliphatic imine (C=N–C) groups is 1. The number of ether oxygens (including phenoxy) is 1. The molecule has 0 aliphatic carbocycles. The van der Waals surface area contributed by atoms with Crippen molar-refractivity contribution in [2.75, 3.05) is 7.05 Å². The lowest BCUT2D eigenvalue weighted by Crippen LogP contribution is -2.67. The Labute approximate surface area is 192 Å². The fourth-order valence-electron chi connectivity index (χ4n) is 3.74. The number of hydrogen-bond acceptors (Lipinski definition) is 4. The number of benzene rings is 2. The molecule has 0 saturated carbocycles. The molecule has 1 N–H and O–H groups in total. The minimum absolute atomic E-state index is 0.00663. The van der Waals surface area contributed by atoms with Gasteiger partial charge in [0.15, 0.2) is 0 Å². The van der Waals surface area contributed by atoms with E-state index < -0.39 is 44.1 Å². The Bertz CT molecular complexity index is 1180. The zero-order valence-electron chi connectivity index (χ0n) is 19.1. The minimum Gasteiger partial charge on any atom is -0.442 e. The van der Waals surface area contributed by atoms with Crippen LogP contribution < -0.4 is 5.32 Å². The molecule has 33 heavy (non-hydrogen) atoms. The van der Waals surface area contributed by atoms with E-state index in [2.05, 4.69) is 10.3 Å². The molecule has 1 fully saturated rings. The van der Waals surface area contributed by atoms with Gasteiger partial charge in [-0.2, -0.15) is 0 Å². The summed E-state index contributed by atoms with van der Waals surface area (Å²) in [4.78, 5) is 16.1. The Morgan fingerprint density at radius 3 is 2.42 bits per heavy atom. The first kappa shape index (κ1) is 24.6. The maximum absolute atomic E-state index is 14.9. The van der Waals surface area contributed by atoms with Gasteiger partial charge in [-0.25, -0.2) is 26.3 Å². The highest BCUT2D eigenvalue weighted by atomic mass is 32.2. The molecule has 10 heteroatoms. The first-order valence-corrected chi connectivity index (χ1v) is 11.8. The second-order valence-corrected chi connectivity index (χ2v) is 11.2. The Morgan fingerprint density at radius 2 is 1.82 bits per heavy atom. The molecule has 0 bridgehead atoms. The summed E-state index contributed by atoms with van der Waals surface area (Å²) in [6, 6.07) is 11.7. The summed E-state index contributed by atoms with van der Waals surface area (Å²) >= 11 is 0. The number of carbonyl (C=O) groups excluding carboxylic acids is 1. The number of nitrogens with zero attached hydrogens (tertiary/aromatic N) is 2. The SMILES string of the molecule is CN1/C(=N/C(=O)OC(C)(C)C)N[C@](C)(c2cc(F)ccc2F)[C@H](Cc2ccccc2)S1(=O)=O. The van der Waals surface area contributed by atoms with Crippen LogP contribution in [0, 0.1) is 11.6 Å². The molecule has 1 amide bonds. The standard InChI is InChI=1S/C23H27F2N3O4S/c1-22(2,3)32-21(29)26-20-27-23(4,17-14-16(24)11-12-18(17)25)19(33(30,31)28(20)5)13-15-9-7-6-8-10-15/h6-12,14,19H,13H2,1-5H3,(H,26,27,29)/t19-,23+/m0/s1. The minimum atomic E-state index is -4.18. The lowest BCUT2D eigenvalue weighted by molar-refractivity contribution is 0.0601. The van der Waals surface area contributed by atoms with Crippen LogP contribution in [0.3, 0.4) is 0 Å². The van der Waals surface area contributed by atoms with Crippen molar-refractivity contribution in [3.63, 3.8) is 0 Å². The van der Waals surface area contributed by atoms with Crippen molar-refractivity contribution in [1.29, 1.82) is 0 Å². The largest absolute Gasteiger partial charge is 0.442 e. The van der Waals surface area contributed by atoms with E-state index in [9.17, 15) is 22.0 Å². The number of halogens is 2. The van der Waals surface area contributed by atoms with Crippen LogP contribution in [0.15, 0.2) is 53.5 Å². The van der Waals surface area contributed by atoms with Crippen LogP contribution in [0.5, 0.6) is 0 Å². The smallest absolute Gasteiger partial charge is 0.437 e. The van der Waals surface area contributed by atoms with Crippen molar-refractivity contribution in [2.24, 2.45) is 4.99 Å². The molecule has 3 rings (SSSR count). The summed E-state index contributed by atoms with van der Waals surface area (Å²) in [5, 5.41) is 1.65. The van der Waals surface area contributed by atoms with Crippen molar-refractivity contribution < 1.29 is 26.7 Å². The van der Waals surface area contributed by atoms with E-state index in [1.807, 2.05) is 0 Å². The number of hydrogen-bond donors (Lipinski definition) is 1. The normalized spacial score (nSPS) is 23.8. The molecule has 1 saturated heterocycles. The molecule has 1 heterocycles. The van der Waals surface area contributed by atoms with Gasteiger partial charge in [-0.05, 0) is 57.9 Å². The van der Waals surface area contributed by atoms with E-state index in [1.165, 1.54) is 14.0 Å². The van der Waals surface area contributed by atoms with Gasteiger partial charge in [0.25, 0.3) is 0 Å². The summed E-state index contributed by atoms with van der Waals surface area (Å²) in [5.74, 6) is -1.87. The van der Waals surface area contributed by atoms with Crippen LogP contribution in [-0.4, -0.2) is 42.7 Å². The predicted octanol–water partition coefficient (Wildman–Crippen LogP) is 3.95. The van der Waals surface area contributed by atoms with Crippen LogP contribution in [0.1, 0.15) is 38.8 Å². The second-order valence-electron chi connectivity index (χ2n) is 9.06. The molecule has 1 aliphatic rings. The van der Waals surface area contributed by atoms with Gasteiger partial charge < -0.3 is 10.1 Å². The van der Waals surface area contributed by atoms with E-state index >= 15 is 0 Å². The zero-order chi connectivity index (χ0) is 24.6. The molecule has 2 atom stereocenters. The van der Waals surface area contributed by atoms with Gasteiger partial charge in [-0.15, -0.1) is 4.99 Å². The zero-order valence-corrected chi connectivity index (χ0v) is 19.9.